The molecule has 20 heavy (non-hydrogen) atoms. The lowest BCUT2D eigenvalue weighted by Crippen LogP contribution is -2.47. The van der Waals surface area contributed by atoms with Crippen LogP contribution in [-0.4, -0.2) is 29.7 Å². The van der Waals surface area contributed by atoms with Crippen LogP contribution in [0.2, 0.25) is 0 Å². The summed E-state index contributed by atoms with van der Waals surface area (Å²) in [6, 6.07) is 5.65. The Kier molecular flexibility index (Phi) is 3.04. The number of likely N-dealkylation sites (tertiary alicyclic amines) is 1. The van der Waals surface area contributed by atoms with Gasteiger partial charge in [-0.05, 0) is 43.4 Å². The van der Waals surface area contributed by atoms with Crippen LogP contribution in [0.15, 0.2) is 18.2 Å². The Morgan fingerprint density at radius 2 is 1.95 bits per heavy atom. The largest absolute Gasteiger partial charge is 0.399 e. The molecular weight excluding hydrogens is 252 g/mol. The van der Waals surface area contributed by atoms with Gasteiger partial charge in [-0.1, -0.05) is 6.07 Å². The molecule has 0 aromatic heterocycles. The smallest absolute Gasteiger partial charge is 0.219 e. The number of nitrogen functional groups attached to an aromatic ring is 1. The third-order valence-corrected chi connectivity index (χ3v) is 4.90. The van der Waals surface area contributed by atoms with Crippen molar-refractivity contribution in [3.63, 3.8) is 0 Å². The Labute approximate surface area is 118 Å². The highest BCUT2D eigenvalue weighted by Crippen LogP contribution is 2.43. The van der Waals surface area contributed by atoms with E-state index in [9.17, 15) is 9.59 Å². The molecule has 1 aliphatic heterocycles. The number of amides is 1. The van der Waals surface area contributed by atoms with Crippen LogP contribution in [0.4, 0.5) is 5.69 Å². The molecule has 3 rings (SSSR count). The van der Waals surface area contributed by atoms with Crippen molar-refractivity contribution in [2.45, 2.75) is 32.6 Å². The number of anilines is 1. The molecule has 4 nitrogen and oxygen atoms in total. The number of nitrogens with zero attached hydrogens (tertiary/aromatic N) is 1. The molecule has 1 aromatic rings. The quantitative estimate of drug-likeness (QED) is 0.735. The number of benzene rings is 1. The van der Waals surface area contributed by atoms with Gasteiger partial charge in [0.1, 0.15) is 0 Å². The third-order valence-electron chi connectivity index (χ3n) is 4.90. The lowest BCUT2D eigenvalue weighted by atomic mass is 9.65. The van der Waals surface area contributed by atoms with Crippen molar-refractivity contribution in [1.82, 2.24) is 4.90 Å². The van der Waals surface area contributed by atoms with Crippen LogP contribution in [0.25, 0.3) is 0 Å². The predicted molar refractivity (Wildman–Crippen MR) is 77.4 cm³/mol. The van der Waals surface area contributed by atoms with Gasteiger partial charge in [0.2, 0.25) is 5.91 Å². The molecule has 106 valence electrons. The molecule has 1 amide bonds. The summed E-state index contributed by atoms with van der Waals surface area (Å²) in [7, 11) is 0. The molecule has 1 saturated heterocycles. The molecule has 1 heterocycles. The molecule has 0 radical (unpaired) electrons. The van der Waals surface area contributed by atoms with Gasteiger partial charge in [-0.3, -0.25) is 9.59 Å². The minimum Gasteiger partial charge on any atom is -0.399 e. The molecule has 0 unspecified atom stereocenters. The van der Waals surface area contributed by atoms with E-state index in [0.717, 1.165) is 36.8 Å². The van der Waals surface area contributed by atoms with Crippen LogP contribution in [-0.2, 0) is 11.2 Å². The zero-order valence-corrected chi connectivity index (χ0v) is 11.8. The summed E-state index contributed by atoms with van der Waals surface area (Å²) in [4.78, 5) is 26.1. The summed E-state index contributed by atoms with van der Waals surface area (Å²) >= 11 is 0. The molecule has 1 spiro atoms. The highest BCUT2D eigenvalue weighted by molar-refractivity contribution is 6.03. The second kappa shape index (κ2) is 4.62. The molecule has 4 heteroatoms. The fraction of sp³-hybridized carbons (Fsp3) is 0.500. The zero-order chi connectivity index (χ0) is 14.3. The van der Waals surface area contributed by atoms with Crippen molar-refractivity contribution in [3.8, 4) is 0 Å². The molecule has 2 N–H and O–H groups in total. The average Bonchev–Trinajstić information content (AvgIpc) is 2.44. The maximum Gasteiger partial charge on any atom is 0.219 e. The fourth-order valence-corrected chi connectivity index (χ4v) is 3.52. The van der Waals surface area contributed by atoms with E-state index in [1.807, 2.05) is 23.1 Å². The normalized spacial score (nSPS) is 20.9. The van der Waals surface area contributed by atoms with Crippen LogP contribution >= 0.6 is 0 Å². The van der Waals surface area contributed by atoms with Gasteiger partial charge in [-0.2, -0.15) is 0 Å². The van der Waals surface area contributed by atoms with E-state index in [0.29, 0.717) is 18.8 Å². The Morgan fingerprint density at radius 3 is 2.60 bits per heavy atom. The topological polar surface area (TPSA) is 63.4 Å². The Morgan fingerprint density at radius 1 is 1.25 bits per heavy atom. The molecule has 0 atom stereocenters. The standard InChI is InChI=1S/C16H20N2O2/c1-11(19)18-8-6-16(7-9-18)5-4-12-2-3-13(17)10-14(12)15(16)20/h2-3,10H,4-9,17H2,1H3. The second-order valence-electron chi connectivity index (χ2n) is 6.03. The van der Waals surface area contributed by atoms with Crippen molar-refractivity contribution >= 4 is 17.4 Å². The van der Waals surface area contributed by atoms with Gasteiger partial charge >= 0.3 is 0 Å². The number of ketones is 1. The van der Waals surface area contributed by atoms with Crippen LogP contribution in [0.3, 0.4) is 0 Å². The summed E-state index contributed by atoms with van der Waals surface area (Å²) in [5.74, 6) is 0.335. The van der Waals surface area contributed by atoms with Crippen molar-refractivity contribution in [1.29, 1.82) is 0 Å². The molecular formula is C16H20N2O2. The van der Waals surface area contributed by atoms with Crippen LogP contribution < -0.4 is 5.73 Å². The lowest BCUT2D eigenvalue weighted by molar-refractivity contribution is -0.130. The first-order valence-corrected chi connectivity index (χ1v) is 7.21. The van der Waals surface area contributed by atoms with E-state index in [1.165, 1.54) is 0 Å². The number of hydrogen-bond donors (Lipinski definition) is 1. The van der Waals surface area contributed by atoms with Gasteiger partial charge < -0.3 is 10.6 Å². The Hall–Kier alpha value is -1.84. The highest BCUT2D eigenvalue weighted by atomic mass is 16.2. The average molecular weight is 272 g/mol. The number of nitrogens with two attached hydrogens (primary N) is 1. The first kappa shape index (κ1) is 13.2. The monoisotopic (exact) mass is 272 g/mol. The van der Waals surface area contributed by atoms with Crippen LogP contribution in [0, 0.1) is 5.41 Å². The number of piperidine rings is 1. The summed E-state index contributed by atoms with van der Waals surface area (Å²) in [6.45, 7) is 2.98. The first-order chi connectivity index (χ1) is 9.52. The van der Waals surface area contributed by atoms with Crippen molar-refractivity contribution in [2.75, 3.05) is 18.8 Å². The van der Waals surface area contributed by atoms with E-state index in [-0.39, 0.29) is 17.1 Å². The third kappa shape index (κ3) is 1.99. The summed E-state index contributed by atoms with van der Waals surface area (Å²) < 4.78 is 0. The van der Waals surface area contributed by atoms with E-state index >= 15 is 0 Å². The maximum atomic E-state index is 12.9. The van der Waals surface area contributed by atoms with Crippen molar-refractivity contribution in [2.24, 2.45) is 5.41 Å². The number of fused-ring (bicyclic) bond motifs is 1. The van der Waals surface area contributed by atoms with Crippen LogP contribution in [0.5, 0.6) is 0 Å². The van der Waals surface area contributed by atoms with Gasteiger partial charge in [-0.25, -0.2) is 0 Å². The molecule has 1 fully saturated rings. The lowest BCUT2D eigenvalue weighted by Gasteiger charge is -2.43. The second-order valence-corrected chi connectivity index (χ2v) is 6.03. The Bertz CT molecular complexity index is 572. The number of hydrogen-bond acceptors (Lipinski definition) is 3. The van der Waals surface area contributed by atoms with E-state index in [1.54, 1.807) is 6.92 Å². The minimum atomic E-state index is -0.271. The fourth-order valence-electron chi connectivity index (χ4n) is 3.52. The highest BCUT2D eigenvalue weighted by Gasteiger charge is 2.44. The van der Waals surface area contributed by atoms with Crippen molar-refractivity contribution < 1.29 is 9.59 Å². The van der Waals surface area contributed by atoms with Gasteiger partial charge in [0.05, 0.1) is 0 Å². The number of aryl methyl sites for hydroxylation is 1. The van der Waals surface area contributed by atoms with Crippen LogP contribution in [0.1, 0.15) is 42.1 Å². The number of Topliss-reactive ketones (excluding diaryl/α,β-unsaturated/α-hetero) is 1. The van der Waals surface area contributed by atoms with Crippen molar-refractivity contribution in [3.05, 3.63) is 29.3 Å². The van der Waals surface area contributed by atoms with E-state index < -0.39 is 0 Å². The number of carbonyl (C=O) groups is 2. The molecule has 0 saturated carbocycles. The molecule has 1 aromatic carbocycles. The summed E-state index contributed by atoms with van der Waals surface area (Å²) in [6.07, 6.45) is 3.38. The molecule has 1 aliphatic carbocycles. The van der Waals surface area contributed by atoms with Gasteiger partial charge in [0, 0.05) is 36.7 Å². The van der Waals surface area contributed by atoms with Gasteiger partial charge in [0.15, 0.2) is 5.78 Å². The Balaban J connectivity index is 1.87. The number of carbonyl (C=O) groups excluding carboxylic acids is 2. The summed E-state index contributed by atoms with van der Waals surface area (Å²) in [5, 5.41) is 0. The van der Waals surface area contributed by atoms with Gasteiger partial charge in [0.25, 0.3) is 0 Å². The number of rotatable bonds is 0. The molecule has 2 aliphatic rings. The first-order valence-electron chi connectivity index (χ1n) is 7.21. The maximum absolute atomic E-state index is 12.9. The van der Waals surface area contributed by atoms with E-state index in [2.05, 4.69) is 0 Å². The molecule has 0 bridgehead atoms. The summed E-state index contributed by atoms with van der Waals surface area (Å²) in [5.41, 5.74) is 8.11. The zero-order valence-electron chi connectivity index (χ0n) is 11.8. The van der Waals surface area contributed by atoms with E-state index in [4.69, 9.17) is 5.73 Å². The SMILES string of the molecule is CC(=O)N1CCC2(CCc3ccc(N)cc3C2=O)CC1. The minimum absolute atomic E-state index is 0.104. The predicted octanol–water partition coefficient (Wildman–Crippen LogP) is 2.03. The van der Waals surface area contributed by atoms with Gasteiger partial charge in [-0.15, -0.1) is 0 Å².